The van der Waals surface area contributed by atoms with Crippen LogP contribution in [0.3, 0.4) is 0 Å². The summed E-state index contributed by atoms with van der Waals surface area (Å²) in [4.78, 5) is 10.2. The third-order valence-corrected chi connectivity index (χ3v) is 5.49. The monoisotopic (exact) mass is 416 g/mol. The second-order valence-corrected chi connectivity index (χ2v) is 8.10. The summed E-state index contributed by atoms with van der Waals surface area (Å²) >= 11 is 0. The Morgan fingerprint density at radius 3 is 1.34 bits per heavy atom. The Morgan fingerprint density at radius 2 is 1.07 bits per heavy atom. The van der Waals surface area contributed by atoms with Gasteiger partial charge in [0, 0.05) is 11.5 Å². The molecule has 0 aromatic carbocycles. The summed E-state index contributed by atoms with van der Waals surface area (Å²) in [5.41, 5.74) is -0.667. The fraction of sp³-hybridized carbons (Fsp3) is 0.875. The van der Waals surface area contributed by atoms with Gasteiger partial charge in [0.25, 0.3) is 0 Å². The van der Waals surface area contributed by atoms with Crippen molar-refractivity contribution in [2.45, 2.75) is 110 Å². The van der Waals surface area contributed by atoms with Crippen molar-refractivity contribution in [1.82, 2.24) is 0 Å². The van der Waals surface area contributed by atoms with Crippen LogP contribution in [0.1, 0.15) is 110 Å². The Hall–Kier alpha value is -0.910. The Kier molecular flexibility index (Phi) is 24.4. The van der Waals surface area contributed by atoms with Crippen LogP contribution in [0.4, 0.5) is 0 Å². The van der Waals surface area contributed by atoms with Gasteiger partial charge in [-0.1, -0.05) is 97.0 Å². The van der Waals surface area contributed by atoms with E-state index in [2.05, 4.69) is 6.92 Å². The third-order valence-electron chi connectivity index (χ3n) is 5.49. The highest BCUT2D eigenvalue weighted by atomic mass is 16.4. The van der Waals surface area contributed by atoms with E-state index < -0.39 is 11.4 Å². The average Bonchev–Trinajstić information content (AvgIpc) is 2.73. The SMILES string of the molecule is CCC(CO)(CO)CO.CCCCCCCCCCCCCCCC=CC(=O)O. The first-order valence-electron chi connectivity index (χ1n) is 11.7. The quantitative estimate of drug-likeness (QED) is 0.165. The number of allylic oxidation sites excluding steroid dienone is 1. The van der Waals surface area contributed by atoms with Gasteiger partial charge in [0.15, 0.2) is 0 Å². The zero-order valence-corrected chi connectivity index (χ0v) is 19.1. The van der Waals surface area contributed by atoms with E-state index in [0.29, 0.717) is 6.42 Å². The lowest BCUT2D eigenvalue weighted by atomic mass is 9.88. The molecule has 0 saturated heterocycles. The highest BCUT2D eigenvalue weighted by Crippen LogP contribution is 2.18. The van der Waals surface area contributed by atoms with Crippen LogP contribution in [0.15, 0.2) is 12.2 Å². The number of hydrogen-bond acceptors (Lipinski definition) is 4. The predicted octanol–water partition coefficient (Wildman–Crippen LogP) is 5.47. The summed E-state index contributed by atoms with van der Waals surface area (Å²) < 4.78 is 0. The van der Waals surface area contributed by atoms with Crippen LogP contribution in [-0.4, -0.2) is 46.2 Å². The van der Waals surface area contributed by atoms with Gasteiger partial charge in [0.2, 0.25) is 0 Å². The van der Waals surface area contributed by atoms with Gasteiger partial charge in [-0.05, 0) is 19.3 Å². The zero-order valence-electron chi connectivity index (χ0n) is 19.1. The van der Waals surface area contributed by atoms with Crippen LogP contribution in [0, 0.1) is 5.41 Å². The summed E-state index contributed by atoms with van der Waals surface area (Å²) in [7, 11) is 0. The van der Waals surface area contributed by atoms with E-state index in [1.807, 2.05) is 6.92 Å². The summed E-state index contributed by atoms with van der Waals surface area (Å²) in [6, 6.07) is 0. The molecule has 29 heavy (non-hydrogen) atoms. The molecule has 4 N–H and O–H groups in total. The number of carbonyl (C=O) groups is 1. The van der Waals surface area contributed by atoms with Gasteiger partial charge in [0.1, 0.15) is 0 Å². The summed E-state index contributed by atoms with van der Waals surface area (Å²) in [6.45, 7) is 3.62. The molecular formula is C24H48O5. The topological polar surface area (TPSA) is 98.0 Å². The van der Waals surface area contributed by atoms with Gasteiger partial charge in [-0.3, -0.25) is 0 Å². The maximum atomic E-state index is 10.2. The first-order chi connectivity index (χ1) is 14.0. The Balaban J connectivity index is 0. The van der Waals surface area contributed by atoms with Crippen molar-refractivity contribution in [3.8, 4) is 0 Å². The van der Waals surface area contributed by atoms with Crippen LogP contribution in [-0.2, 0) is 4.79 Å². The highest BCUT2D eigenvalue weighted by molar-refractivity contribution is 5.79. The third kappa shape index (κ3) is 21.6. The minimum Gasteiger partial charge on any atom is -0.478 e. The number of unbranched alkanes of at least 4 members (excludes halogenated alkanes) is 13. The van der Waals surface area contributed by atoms with Crippen LogP contribution in [0.2, 0.25) is 0 Å². The number of aliphatic carboxylic acids is 1. The van der Waals surface area contributed by atoms with Crippen LogP contribution in [0.5, 0.6) is 0 Å². The van der Waals surface area contributed by atoms with Crippen molar-refractivity contribution in [3.63, 3.8) is 0 Å². The predicted molar refractivity (Wildman–Crippen MR) is 121 cm³/mol. The van der Waals surface area contributed by atoms with Gasteiger partial charge in [-0.25, -0.2) is 4.79 Å². The molecule has 0 aromatic heterocycles. The number of aliphatic hydroxyl groups is 3. The molecule has 0 aliphatic heterocycles. The second kappa shape index (κ2) is 23.4. The molecule has 0 radical (unpaired) electrons. The summed E-state index contributed by atoms with van der Waals surface area (Å²) in [5.74, 6) is -0.834. The number of carboxylic acid groups (broad SMARTS) is 1. The molecule has 0 aliphatic rings. The van der Waals surface area contributed by atoms with E-state index in [1.54, 1.807) is 6.08 Å². The van der Waals surface area contributed by atoms with Crippen molar-refractivity contribution in [2.24, 2.45) is 5.41 Å². The standard InChI is InChI=1S/C18H34O2.C6H14O3/c1-2-3-4-5-6-7-8-9-10-11-12-13-14-15-16-17-18(19)20;1-2-6(3-7,4-8)5-9/h16-17H,2-15H2,1H3,(H,19,20);7-9H,2-5H2,1H3. The zero-order chi connectivity index (χ0) is 22.2. The smallest absolute Gasteiger partial charge is 0.327 e. The average molecular weight is 417 g/mol. The molecule has 174 valence electrons. The lowest BCUT2D eigenvalue weighted by molar-refractivity contribution is -0.131. The first-order valence-corrected chi connectivity index (χ1v) is 11.7. The molecule has 0 spiro atoms. The minimum atomic E-state index is -0.834. The normalized spacial score (nSPS) is 11.5. The fourth-order valence-corrected chi connectivity index (χ4v) is 2.95. The van der Waals surface area contributed by atoms with Gasteiger partial charge in [-0.15, -0.1) is 0 Å². The highest BCUT2D eigenvalue weighted by Gasteiger charge is 2.24. The van der Waals surface area contributed by atoms with Crippen molar-refractivity contribution in [1.29, 1.82) is 0 Å². The van der Waals surface area contributed by atoms with Crippen LogP contribution < -0.4 is 0 Å². The summed E-state index contributed by atoms with van der Waals surface area (Å²) in [5, 5.41) is 34.4. The Labute approximate surface area is 179 Å². The number of rotatable bonds is 19. The van der Waals surface area contributed by atoms with Gasteiger partial charge in [0.05, 0.1) is 19.8 Å². The Morgan fingerprint density at radius 1 is 0.690 bits per heavy atom. The van der Waals surface area contributed by atoms with E-state index in [0.717, 1.165) is 12.8 Å². The van der Waals surface area contributed by atoms with Crippen molar-refractivity contribution >= 4 is 5.97 Å². The number of hydrogen-bond donors (Lipinski definition) is 4. The lowest BCUT2D eigenvalue weighted by Crippen LogP contribution is -2.32. The van der Waals surface area contributed by atoms with Gasteiger partial charge < -0.3 is 20.4 Å². The molecule has 0 fully saturated rings. The molecule has 0 unspecified atom stereocenters. The molecule has 5 heteroatoms. The van der Waals surface area contributed by atoms with E-state index in [1.165, 1.54) is 83.1 Å². The van der Waals surface area contributed by atoms with Crippen molar-refractivity contribution in [2.75, 3.05) is 19.8 Å². The molecule has 0 aliphatic carbocycles. The van der Waals surface area contributed by atoms with Gasteiger partial charge in [-0.2, -0.15) is 0 Å². The molecule has 0 atom stereocenters. The second-order valence-electron chi connectivity index (χ2n) is 8.10. The van der Waals surface area contributed by atoms with Crippen LogP contribution >= 0.6 is 0 Å². The molecule has 0 saturated carbocycles. The molecule has 0 aromatic rings. The van der Waals surface area contributed by atoms with Crippen LogP contribution in [0.25, 0.3) is 0 Å². The maximum absolute atomic E-state index is 10.2. The van der Waals surface area contributed by atoms with E-state index in [-0.39, 0.29) is 19.8 Å². The Bertz CT molecular complexity index is 347. The van der Waals surface area contributed by atoms with E-state index in [4.69, 9.17) is 20.4 Å². The fourth-order valence-electron chi connectivity index (χ4n) is 2.95. The molecule has 0 heterocycles. The molecule has 5 nitrogen and oxygen atoms in total. The van der Waals surface area contributed by atoms with Crippen molar-refractivity contribution in [3.05, 3.63) is 12.2 Å². The number of carboxylic acids is 1. The first kappa shape index (κ1) is 30.3. The lowest BCUT2D eigenvalue weighted by Gasteiger charge is -2.24. The van der Waals surface area contributed by atoms with E-state index in [9.17, 15) is 4.79 Å². The van der Waals surface area contributed by atoms with E-state index >= 15 is 0 Å². The molecule has 0 amide bonds. The number of aliphatic hydroxyl groups excluding tert-OH is 3. The van der Waals surface area contributed by atoms with Gasteiger partial charge >= 0.3 is 5.97 Å². The van der Waals surface area contributed by atoms with Crippen molar-refractivity contribution < 1.29 is 25.2 Å². The molecule has 0 rings (SSSR count). The summed E-state index contributed by atoms with van der Waals surface area (Å²) in [6.07, 6.45) is 22.2. The largest absolute Gasteiger partial charge is 0.478 e. The molecular weight excluding hydrogens is 368 g/mol. The molecule has 0 bridgehead atoms. The minimum absolute atomic E-state index is 0.156. The maximum Gasteiger partial charge on any atom is 0.327 e.